The zero-order chi connectivity index (χ0) is 16.9. The van der Waals surface area contributed by atoms with Gasteiger partial charge in [0.1, 0.15) is 11.4 Å². The highest BCUT2D eigenvalue weighted by atomic mass is 16.7. The third-order valence-electron chi connectivity index (χ3n) is 3.55. The van der Waals surface area contributed by atoms with Gasteiger partial charge in [0, 0.05) is 11.3 Å². The molecule has 0 unspecified atom stereocenters. The van der Waals surface area contributed by atoms with Crippen molar-refractivity contribution in [1.29, 1.82) is 0 Å². The van der Waals surface area contributed by atoms with Crippen molar-refractivity contribution in [2.45, 2.75) is 6.92 Å². The summed E-state index contributed by atoms with van der Waals surface area (Å²) in [6.07, 6.45) is 0.961. The summed E-state index contributed by atoms with van der Waals surface area (Å²) in [5, 5.41) is 6.74. The van der Waals surface area contributed by atoms with Gasteiger partial charge in [0.15, 0.2) is 0 Å². The number of nitrogens with one attached hydrogen (secondary N) is 1. The van der Waals surface area contributed by atoms with E-state index >= 15 is 0 Å². The normalized spacial score (nSPS) is 10.2. The van der Waals surface area contributed by atoms with Crippen molar-refractivity contribution in [1.82, 2.24) is 9.94 Å². The summed E-state index contributed by atoms with van der Waals surface area (Å²) < 4.78 is 5.14. The highest BCUT2D eigenvalue weighted by molar-refractivity contribution is 5.85. The Hall–Kier alpha value is -3.28. The average Bonchev–Trinajstić information content (AvgIpc) is 3.05. The first-order valence-corrected chi connectivity index (χ1v) is 7.41. The van der Waals surface area contributed by atoms with Crippen LogP contribution in [0.25, 0.3) is 11.3 Å². The van der Waals surface area contributed by atoms with Crippen molar-refractivity contribution in [2.24, 2.45) is 0 Å². The fourth-order valence-electron chi connectivity index (χ4n) is 2.26. The SMILES string of the molecule is COc1ccc(-c2ccnn2OC(=O)Nc2ccccc2C)cc1. The van der Waals surface area contributed by atoms with Crippen molar-refractivity contribution in [2.75, 3.05) is 12.4 Å². The molecule has 24 heavy (non-hydrogen) atoms. The number of nitrogens with zero attached hydrogens (tertiary/aromatic N) is 2. The Morgan fingerprint density at radius 2 is 1.83 bits per heavy atom. The molecule has 6 nitrogen and oxygen atoms in total. The summed E-state index contributed by atoms with van der Waals surface area (Å²) in [4.78, 5) is 18.6. The van der Waals surface area contributed by atoms with Gasteiger partial charge in [-0.3, -0.25) is 10.2 Å². The molecule has 0 atom stereocenters. The Bertz CT molecular complexity index is 841. The third-order valence-corrected chi connectivity index (χ3v) is 3.55. The summed E-state index contributed by atoms with van der Waals surface area (Å²) in [5.41, 5.74) is 3.17. The Morgan fingerprint density at radius 1 is 1.08 bits per heavy atom. The molecule has 3 rings (SSSR count). The quantitative estimate of drug-likeness (QED) is 0.798. The molecule has 3 aromatic rings. The molecular weight excluding hydrogens is 306 g/mol. The summed E-state index contributed by atoms with van der Waals surface area (Å²) in [7, 11) is 1.61. The van der Waals surface area contributed by atoms with E-state index in [0.29, 0.717) is 11.4 Å². The number of rotatable bonds is 4. The number of hydrogen-bond acceptors (Lipinski definition) is 4. The van der Waals surface area contributed by atoms with Crippen LogP contribution < -0.4 is 14.9 Å². The van der Waals surface area contributed by atoms with Crippen LogP contribution in [-0.4, -0.2) is 23.1 Å². The van der Waals surface area contributed by atoms with Gasteiger partial charge in [-0.15, -0.1) is 5.10 Å². The van der Waals surface area contributed by atoms with Crippen LogP contribution in [0.15, 0.2) is 60.8 Å². The summed E-state index contributed by atoms with van der Waals surface area (Å²) in [5.74, 6) is 0.753. The van der Waals surface area contributed by atoms with Crippen LogP contribution >= 0.6 is 0 Å². The minimum atomic E-state index is -0.609. The molecule has 0 fully saturated rings. The van der Waals surface area contributed by atoms with Gasteiger partial charge in [-0.2, -0.15) is 0 Å². The van der Waals surface area contributed by atoms with Gasteiger partial charge in [0.2, 0.25) is 0 Å². The predicted octanol–water partition coefficient (Wildman–Crippen LogP) is 3.53. The molecule has 0 radical (unpaired) electrons. The highest BCUT2D eigenvalue weighted by Gasteiger charge is 2.12. The van der Waals surface area contributed by atoms with Crippen molar-refractivity contribution in [3.63, 3.8) is 0 Å². The van der Waals surface area contributed by atoms with E-state index in [4.69, 9.17) is 9.57 Å². The highest BCUT2D eigenvalue weighted by Crippen LogP contribution is 2.21. The number of para-hydroxylation sites is 1. The maximum atomic E-state index is 12.1. The molecule has 1 amide bonds. The molecule has 0 spiro atoms. The minimum Gasteiger partial charge on any atom is -0.497 e. The van der Waals surface area contributed by atoms with E-state index in [9.17, 15) is 4.79 Å². The van der Waals surface area contributed by atoms with E-state index in [1.807, 2.05) is 55.5 Å². The lowest BCUT2D eigenvalue weighted by atomic mass is 10.1. The molecule has 0 saturated carbocycles. The maximum absolute atomic E-state index is 12.1. The van der Waals surface area contributed by atoms with Crippen molar-refractivity contribution >= 4 is 11.8 Å². The first-order chi connectivity index (χ1) is 11.7. The third kappa shape index (κ3) is 3.38. The number of amides is 1. The molecule has 0 saturated heterocycles. The van der Waals surface area contributed by atoms with Crippen molar-refractivity contribution < 1.29 is 14.4 Å². The Morgan fingerprint density at radius 3 is 2.54 bits per heavy atom. The molecule has 0 bridgehead atoms. The second kappa shape index (κ2) is 6.87. The fraction of sp³-hybridized carbons (Fsp3) is 0.111. The number of methoxy groups -OCH3 is 1. The van der Waals surface area contributed by atoms with E-state index < -0.39 is 6.09 Å². The predicted molar refractivity (Wildman–Crippen MR) is 91.0 cm³/mol. The van der Waals surface area contributed by atoms with Gasteiger partial charge in [0.25, 0.3) is 0 Å². The Balaban J connectivity index is 1.75. The van der Waals surface area contributed by atoms with Crippen LogP contribution in [0.2, 0.25) is 0 Å². The van der Waals surface area contributed by atoms with E-state index in [2.05, 4.69) is 10.4 Å². The second-order valence-electron chi connectivity index (χ2n) is 5.14. The van der Waals surface area contributed by atoms with Crippen molar-refractivity contribution in [3.05, 3.63) is 66.4 Å². The first-order valence-electron chi connectivity index (χ1n) is 7.41. The van der Waals surface area contributed by atoms with Gasteiger partial charge in [0.05, 0.1) is 13.3 Å². The molecule has 1 heterocycles. The molecule has 1 aromatic heterocycles. The van der Waals surface area contributed by atoms with Crippen LogP contribution in [-0.2, 0) is 0 Å². The van der Waals surface area contributed by atoms with E-state index in [0.717, 1.165) is 16.9 Å². The van der Waals surface area contributed by atoms with Gasteiger partial charge >= 0.3 is 6.09 Å². The minimum absolute atomic E-state index is 0.609. The van der Waals surface area contributed by atoms with E-state index in [1.165, 1.54) is 4.85 Å². The zero-order valence-corrected chi connectivity index (χ0v) is 13.4. The largest absolute Gasteiger partial charge is 0.497 e. The first kappa shape index (κ1) is 15.6. The number of carbonyl (C=O) groups is 1. The van der Waals surface area contributed by atoms with Crippen LogP contribution in [0, 0.1) is 6.92 Å². The molecule has 122 valence electrons. The van der Waals surface area contributed by atoms with Gasteiger partial charge in [-0.1, -0.05) is 23.0 Å². The number of carbonyl (C=O) groups excluding carboxylic acids is 1. The molecule has 1 N–H and O–H groups in total. The van der Waals surface area contributed by atoms with Gasteiger partial charge in [-0.05, 0) is 48.9 Å². The molecule has 0 aliphatic heterocycles. The second-order valence-corrected chi connectivity index (χ2v) is 5.14. The van der Waals surface area contributed by atoms with Gasteiger partial charge < -0.3 is 4.74 Å². The lowest BCUT2D eigenvalue weighted by Gasteiger charge is -2.10. The zero-order valence-electron chi connectivity index (χ0n) is 13.4. The number of aryl methyl sites for hydroxylation is 1. The van der Waals surface area contributed by atoms with E-state index in [1.54, 1.807) is 19.4 Å². The summed E-state index contributed by atoms with van der Waals surface area (Å²) >= 11 is 0. The topological polar surface area (TPSA) is 65.4 Å². The molecule has 0 aliphatic carbocycles. The Kier molecular flexibility index (Phi) is 4.47. The molecular formula is C18H17N3O3. The molecule has 6 heteroatoms. The van der Waals surface area contributed by atoms with Crippen LogP contribution in [0.1, 0.15) is 5.56 Å². The van der Waals surface area contributed by atoms with Crippen molar-refractivity contribution in [3.8, 4) is 17.0 Å². The lowest BCUT2D eigenvalue weighted by Crippen LogP contribution is -2.26. The number of ether oxygens (including phenoxy) is 1. The summed E-state index contributed by atoms with van der Waals surface area (Å²) in [6, 6.07) is 16.6. The Labute approximate surface area is 139 Å². The fourth-order valence-corrected chi connectivity index (χ4v) is 2.26. The molecule has 2 aromatic carbocycles. The number of hydrogen-bond donors (Lipinski definition) is 1. The number of benzene rings is 2. The van der Waals surface area contributed by atoms with Crippen LogP contribution in [0.4, 0.5) is 10.5 Å². The summed E-state index contributed by atoms with van der Waals surface area (Å²) in [6.45, 7) is 1.91. The van der Waals surface area contributed by atoms with Gasteiger partial charge in [-0.25, -0.2) is 4.79 Å². The number of aromatic nitrogens is 2. The maximum Gasteiger partial charge on any atom is 0.437 e. The average molecular weight is 323 g/mol. The van der Waals surface area contributed by atoms with Crippen LogP contribution in [0.3, 0.4) is 0 Å². The molecule has 0 aliphatic rings. The van der Waals surface area contributed by atoms with E-state index in [-0.39, 0.29) is 0 Å². The standard InChI is InChI=1S/C18H17N3O3/c1-13-5-3-4-6-16(13)20-18(22)24-21-17(11-12-19-21)14-7-9-15(23-2)10-8-14/h3-12H,1-2H3,(H,20,22). The lowest BCUT2D eigenvalue weighted by molar-refractivity contribution is 0.132. The number of anilines is 1. The smallest absolute Gasteiger partial charge is 0.437 e. The monoisotopic (exact) mass is 323 g/mol. The van der Waals surface area contributed by atoms with Crippen LogP contribution in [0.5, 0.6) is 5.75 Å².